The summed E-state index contributed by atoms with van der Waals surface area (Å²) in [5.74, 6) is 1.63. The van der Waals surface area contributed by atoms with Gasteiger partial charge in [0.2, 0.25) is 0 Å². The molecular weight excluding hydrogens is 370 g/mol. The van der Waals surface area contributed by atoms with Crippen LogP contribution < -0.4 is 10.2 Å². The number of aryl methyl sites for hydroxylation is 1. The van der Waals surface area contributed by atoms with Crippen molar-refractivity contribution in [3.05, 3.63) is 47.2 Å². The second kappa shape index (κ2) is 11.0. The van der Waals surface area contributed by atoms with Gasteiger partial charge in [0, 0.05) is 49.8 Å². The Morgan fingerprint density at radius 2 is 1.93 bits per heavy atom. The molecule has 7 heteroatoms. The summed E-state index contributed by atoms with van der Waals surface area (Å²) in [6.07, 6.45) is 1.07. The minimum Gasteiger partial charge on any atom is -0.360 e. The van der Waals surface area contributed by atoms with Crippen molar-refractivity contribution < 1.29 is 4.79 Å². The maximum absolute atomic E-state index is 12.3. The molecule has 1 N–H and O–H groups in total. The number of hydrogen-bond acceptors (Lipinski definition) is 6. The van der Waals surface area contributed by atoms with E-state index in [1.807, 2.05) is 56.3 Å². The molecule has 2 aromatic rings. The monoisotopic (exact) mass is 401 g/mol. The van der Waals surface area contributed by atoms with Crippen molar-refractivity contribution in [2.24, 2.45) is 0 Å². The molecule has 0 bridgehead atoms. The van der Waals surface area contributed by atoms with Gasteiger partial charge in [0.25, 0.3) is 5.91 Å². The van der Waals surface area contributed by atoms with Gasteiger partial charge in [-0.25, -0.2) is 9.97 Å². The maximum Gasteiger partial charge on any atom is 0.251 e. The van der Waals surface area contributed by atoms with Gasteiger partial charge < -0.3 is 15.1 Å². The predicted octanol–water partition coefficient (Wildman–Crippen LogP) is 3.21. The summed E-state index contributed by atoms with van der Waals surface area (Å²) >= 11 is 1.59. The first-order valence-electron chi connectivity index (χ1n) is 9.60. The van der Waals surface area contributed by atoms with Crippen LogP contribution in [0.15, 0.2) is 35.5 Å². The molecule has 0 spiro atoms. The summed E-state index contributed by atoms with van der Waals surface area (Å²) in [6, 6.07) is 9.76. The fourth-order valence-corrected chi connectivity index (χ4v) is 3.52. The Morgan fingerprint density at radius 3 is 2.64 bits per heavy atom. The normalized spacial score (nSPS) is 10.9. The van der Waals surface area contributed by atoms with Gasteiger partial charge in [-0.05, 0) is 45.1 Å². The second-order valence-corrected chi connectivity index (χ2v) is 8.06. The smallest absolute Gasteiger partial charge is 0.251 e. The number of hydrogen-bond donors (Lipinski definition) is 1. The predicted molar refractivity (Wildman–Crippen MR) is 117 cm³/mol. The molecule has 0 saturated heterocycles. The standard InChI is InChI=1S/C21H31N5OS/c1-6-11-26(5)19-13-16(2)23-21(24-19)28-15-17-8-7-9-18(14-17)20(27)22-10-12-25(3)4/h7-9,13-14H,6,10-12,15H2,1-5H3,(H,22,27). The molecule has 1 amide bonds. The van der Waals surface area contributed by atoms with Crippen molar-refractivity contribution >= 4 is 23.5 Å². The van der Waals surface area contributed by atoms with Gasteiger partial charge in [0.15, 0.2) is 5.16 Å². The lowest BCUT2D eigenvalue weighted by Crippen LogP contribution is -2.31. The SMILES string of the molecule is CCCN(C)c1cc(C)nc(SCc2cccc(C(=O)NCCN(C)C)c2)n1. The molecule has 0 aliphatic rings. The van der Waals surface area contributed by atoms with Crippen LogP contribution >= 0.6 is 11.8 Å². The molecular formula is C21H31N5OS. The fraction of sp³-hybridized carbons (Fsp3) is 0.476. The minimum absolute atomic E-state index is 0.0380. The van der Waals surface area contributed by atoms with Crippen LogP contribution in [0.2, 0.25) is 0 Å². The summed E-state index contributed by atoms with van der Waals surface area (Å²) in [5.41, 5.74) is 2.73. The van der Waals surface area contributed by atoms with Crippen molar-refractivity contribution in [2.75, 3.05) is 45.7 Å². The minimum atomic E-state index is -0.0380. The van der Waals surface area contributed by atoms with E-state index >= 15 is 0 Å². The van der Waals surface area contributed by atoms with Crippen LogP contribution in [-0.2, 0) is 5.75 Å². The highest BCUT2D eigenvalue weighted by molar-refractivity contribution is 7.98. The van der Waals surface area contributed by atoms with E-state index in [1.165, 1.54) is 0 Å². The van der Waals surface area contributed by atoms with Crippen LogP contribution in [0.1, 0.15) is 35.0 Å². The first-order chi connectivity index (χ1) is 13.4. The Balaban J connectivity index is 2.00. The molecule has 0 aliphatic carbocycles. The number of carbonyl (C=O) groups is 1. The van der Waals surface area contributed by atoms with Crippen molar-refractivity contribution in [3.8, 4) is 0 Å². The summed E-state index contributed by atoms with van der Waals surface area (Å²) in [6.45, 7) is 6.57. The molecule has 6 nitrogen and oxygen atoms in total. The van der Waals surface area contributed by atoms with Crippen LogP contribution in [0, 0.1) is 6.92 Å². The lowest BCUT2D eigenvalue weighted by molar-refractivity contribution is 0.0951. The van der Waals surface area contributed by atoms with Crippen molar-refractivity contribution in [1.29, 1.82) is 0 Å². The summed E-state index contributed by atoms with van der Waals surface area (Å²) in [5, 5.41) is 3.72. The van der Waals surface area contributed by atoms with E-state index < -0.39 is 0 Å². The molecule has 28 heavy (non-hydrogen) atoms. The van der Waals surface area contributed by atoms with E-state index in [1.54, 1.807) is 11.8 Å². The van der Waals surface area contributed by atoms with Crippen LogP contribution in [0.25, 0.3) is 0 Å². The second-order valence-electron chi connectivity index (χ2n) is 7.12. The van der Waals surface area contributed by atoms with Gasteiger partial charge in [0.05, 0.1) is 0 Å². The van der Waals surface area contributed by atoms with Crippen LogP contribution in [0.4, 0.5) is 5.82 Å². The van der Waals surface area contributed by atoms with E-state index in [-0.39, 0.29) is 5.91 Å². The van der Waals surface area contributed by atoms with Gasteiger partial charge >= 0.3 is 0 Å². The van der Waals surface area contributed by atoms with Gasteiger partial charge in [-0.2, -0.15) is 0 Å². The average Bonchev–Trinajstić information content (AvgIpc) is 2.66. The van der Waals surface area contributed by atoms with Gasteiger partial charge in [0.1, 0.15) is 5.82 Å². The highest BCUT2D eigenvalue weighted by Crippen LogP contribution is 2.23. The lowest BCUT2D eigenvalue weighted by atomic mass is 10.1. The number of amides is 1. The summed E-state index contributed by atoms with van der Waals surface area (Å²) in [7, 11) is 6.03. The molecule has 1 aromatic heterocycles. The quantitative estimate of drug-likeness (QED) is 0.487. The Kier molecular flexibility index (Phi) is 8.73. The highest BCUT2D eigenvalue weighted by Gasteiger charge is 2.09. The number of benzene rings is 1. The summed E-state index contributed by atoms with van der Waals surface area (Å²) < 4.78 is 0. The molecule has 0 saturated carbocycles. The number of nitrogens with one attached hydrogen (secondary N) is 1. The third kappa shape index (κ3) is 7.13. The number of aromatic nitrogens is 2. The van der Waals surface area contributed by atoms with E-state index in [4.69, 9.17) is 0 Å². The topological polar surface area (TPSA) is 61.4 Å². The number of likely N-dealkylation sites (N-methyl/N-ethyl adjacent to an activating group) is 1. The van der Waals surface area contributed by atoms with E-state index in [0.29, 0.717) is 12.1 Å². The molecule has 0 radical (unpaired) electrons. The van der Waals surface area contributed by atoms with Crippen LogP contribution in [0.3, 0.4) is 0 Å². The third-order valence-corrected chi connectivity index (χ3v) is 5.09. The number of carbonyl (C=O) groups excluding carboxylic acids is 1. The van der Waals surface area contributed by atoms with Crippen LogP contribution in [0.5, 0.6) is 0 Å². The lowest BCUT2D eigenvalue weighted by Gasteiger charge is -2.18. The Labute approximate surface area is 172 Å². The number of thioether (sulfide) groups is 1. The Morgan fingerprint density at radius 1 is 1.14 bits per heavy atom. The van der Waals surface area contributed by atoms with Crippen molar-refractivity contribution in [2.45, 2.75) is 31.2 Å². The van der Waals surface area contributed by atoms with Gasteiger partial charge in [-0.3, -0.25) is 4.79 Å². The largest absolute Gasteiger partial charge is 0.360 e. The van der Waals surface area contributed by atoms with E-state index in [0.717, 1.165) is 47.5 Å². The molecule has 2 rings (SSSR count). The Hall–Kier alpha value is -2.12. The molecule has 0 aliphatic heterocycles. The molecule has 152 valence electrons. The zero-order valence-electron chi connectivity index (χ0n) is 17.5. The summed E-state index contributed by atoms with van der Waals surface area (Å²) in [4.78, 5) is 25.7. The van der Waals surface area contributed by atoms with Crippen LogP contribution in [-0.4, -0.2) is 61.6 Å². The zero-order chi connectivity index (χ0) is 20.5. The third-order valence-electron chi connectivity index (χ3n) is 4.17. The highest BCUT2D eigenvalue weighted by atomic mass is 32.2. The van der Waals surface area contributed by atoms with E-state index in [9.17, 15) is 4.79 Å². The zero-order valence-corrected chi connectivity index (χ0v) is 18.3. The Bertz CT molecular complexity index is 781. The first-order valence-corrected chi connectivity index (χ1v) is 10.6. The van der Waals surface area contributed by atoms with E-state index in [2.05, 4.69) is 34.2 Å². The number of anilines is 1. The average molecular weight is 402 g/mol. The number of rotatable bonds is 10. The molecule has 0 unspecified atom stereocenters. The maximum atomic E-state index is 12.3. The fourth-order valence-electron chi connectivity index (χ4n) is 2.68. The van der Waals surface area contributed by atoms with Crippen molar-refractivity contribution in [3.63, 3.8) is 0 Å². The van der Waals surface area contributed by atoms with Gasteiger partial charge in [-0.15, -0.1) is 0 Å². The van der Waals surface area contributed by atoms with Gasteiger partial charge in [-0.1, -0.05) is 30.8 Å². The molecule has 0 fully saturated rings. The molecule has 1 aromatic carbocycles. The number of nitrogens with zero attached hydrogens (tertiary/aromatic N) is 4. The molecule has 1 heterocycles. The molecule has 0 atom stereocenters. The van der Waals surface area contributed by atoms with Crippen molar-refractivity contribution in [1.82, 2.24) is 20.2 Å². The first kappa shape index (κ1) is 22.2.